The second-order valence-corrected chi connectivity index (χ2v) is 12.0. The Hall–Kier alpha value is -2.64. The molecule has 0 radical (unpaired) electrons. The summed E-state index contributed by atoms with van der Waals surface area (Å²) >= 11 is 4.05. The molecule has 1 aliphatic rings. The predicted molar refractivity (Wildman–Crippen MR) is 137 cm³/mol. The van der Waals surface area contributed by atoms with Crippen LogP contribution in [-0.4, -0.2) is 43.8 Å². The Morgan fingerprint density at radius 3 is 1.98 bits per heavy atom. The molecule has 0 saturated carbocycles. The van der Waals surface area contributed by atoms with Gasteiger partial charge in [0, 0.05) is 17.9 Å². The smallest absolute Gasteiger partial charge is 0.417 e. The maximum atomic E-state index is 15.2. The molecular formula is C27H25ClF8O4S. The van der Waals surface area contributed by atoms with Crippen molar-refractivity contribution in [3.05, 3.63) is 82.8 Å². The Balaban J connectivity index is 2.30. The molecule has 2 atom stereocenters. The van der Waals surface area contributed by atoms with Crippen LogP contribution in [0, 0.1) is 11.8 Å². The molecule has 0 amide bonds. The number of hydrogen-bond acceptors (Lipinski definition) is 4. The van der Waals surface area contributed by atoms with Gasteiger partial charge < -0.3 is 9.47 Å². The van der Waals surface area contributed by atoms with Gasteiger partial charge in [-0.3, -0.25) is 0 Å². The molecule has 226 valence electrons. The van der Waals surface area contributed by atoms with Gasteiger partial charge in [-0.15, -0.1) is 0 Å². The van der Waals surface area contributed by atoms with E-state index in [0.29, 0.717) is 5.56 Å². The SMILES string of the molecule is CC(C)COC1CC(/C=C/c2ccccc2)C(S(=O)(=O)C(F)(F)C(F)(F)C(F)(F)C(F)(F)Cl)=C(c2ccccc2)O1. The fourth-order valence-corrected chi connectivity index (χ4v) is 5.71. The highest BCUT2D eigenvalue weighted by Gasteiger charge is 2.84. The van der Waals surface area contributed by atoms with Crippen molar-refractivity contribution in [2.75, 3.05) is 6.61 Å². The van der Waals surface area contributed by atoms with Crippen LogP contribution >= 0.6 is 11.6 Å². The van der Waals surface area contributed by atoms with Crippen molar-refractivity contribution in [1.82, 2.24) is 0 Å². The van der Waals surface area contributed by atoms with E-state index in [1.54, 1.807) is 44.2 Å². The molecule has 2 unspecified atom stereocenters. The van der Waals surface area contributed by atoms with Gasteiger partial charge in [-0.2, -0.15) is 35.1 Å². The number of benzene rings is 2. The molecule has 41 heavy (non-hydrogen) atoms. The second kappa shape index (κ2) is 11.9. The fraction of sp³-hybridized carbons (Fsp3) is 0.407. The molecule has 0 aromatic heterocycles. The van der Waals surface area contributed by atoms with Crippen molar-refractivity contribution in [3.8, 4) is 0 Å². The third kappa shape index (κ3) is 6.41. The number of allylic oxidation sites excluding steroid dienone is 2. The van der Waals surface area contributed by atoms with Crippen LogP contribution in [0.3, 0.4) is 0 Å². The van der Waals surface area contributed by atoms with E-state index in [9.17, 15) is 34.8 Å². The Bertz CT molecular complexity index is 1360. The van der Waals surface area contributed by atoms with Crippen LogP contribution in [0.4, 0.5) is 35.1 Å². The van der Waals surface area contributed by atoms with E-state index in [1.807, 2.05) is 0 Å². The molecule has 0 bridgehead atoms. The van der Waals surface area contributed by atoms with Gasteiger partial charge in [-0.05, 0) is 23.1 Å². The first-order chi connectivity index (χ1) is 18.8. The van der Waals surface area contributed by atoms with Crippen LogP contribution in [0.15, 0.2) is 71.6 Å². The first-order valence-electron chi connectivity index (χ1n) is 12.1. The molecule has 2 aromatic rings. The minimum Gasteiger partial charge on any atom is -0.463 e. The van der Waals surface area contributed by atoms with Crippen molar-refractivity contribution in [2.24, 2.45) is 11.8 Å². The summed E-state index contributed by atoms with van der Waals surface area (Å²) in [4.78, 5) is -1.52. The lowest BCUT2D eigenvalue weighted by Gasteiger charge is -2.37. The van der Waals surface area contributed by atoms with Crippen LogP contribution in [0.1, 0.15) is 31.4 Å². The lowest BCUT2D eigenvalue weighted by atomic mass is 9.97. The number of rotatable bonds is 11. The van der Waals surface area contributed by atoms with E-state index in [0.717, 1.165) is 6.08 Å². The van der Waals surface area contributed by atoms with Gasteiger partial charge in [-0.25, -0.2) is 8.42 Å². The highest BCUT2D eigenvalue weighted by molar-refractivity contribution is 7.96. The van der Waals surface area contributed by atoms with Gasteiger partial charge in [0.2, 0.25) is 6.29 Å². The number of ether oxygens (including phenoxy) is 2. The van der Waals surface area contributed by atoms with Crippen molar-refractivity contribution in [1.29, 1.82) is 0 Å². The van der Waals surface area contributed by atoms with E-state index >= 15 is 8.78 Å². The maximum absolute atomic E-state index is 15.2. The van der Waals surface area contributed by atoms with Crippen LogP contribution in [0.2, 0.25) is 0 Å². The summed E-state index contributed by atoms with van der Waals surface area (Å²) in [5, 5.41) is -13.0. The molecule has 0 aliphatic carbocycles. The molecule has 0 fully saturated rings. The summed E-state index contributed by atoms with van der Waals surface area (Å²) in [5.41, 5.74) is 0.248. The van der Waals surface area contributed by atoms with Crippen LogP contribution in [-0.2, 0) is 19.3 Å². The summed E-state index contributed by atoms with van der Waals surface area (Å²) in [7, 11) is -6.88. The average Bonchev–Trinajstić information content (AvgIpc) is 2.90. The Morgan fingerprint density at radius 1 is 0.927 bits per heavy atom. The lowest BCUT2D eigenvalue weighted by Crippen LogP contribution is -2.63. The van der Waals surface area contributed by atoms with Gasteiger partial charge in [-0.1, -0.05) is 86.7 Å². The summed E-state index contributed by atoms with van der Waals surface area (Å²) in [6.07, 6.45) is 0.581. The molecule has 2 aromatic carbocycles. The average molecular weight is 633 g/mol. The molecule has 0 saturated heterocycles. The third-order valence-electron chi connectivity index (χ3n) is 5.97. The van der Waals surface area contributed by atoms with Crippen LogP contribution < -0.4 is 0 Å². The summed E-state index contributed by atoms with van der Waals surface area (Å²) < 4.78 is 152. The molecule has 1 aliphatic heterocycles. The van der Waals surface area contributed by atoms with E-state index in [1.165, 1.54) is 36.4 Å². The maximum Gasteiger partial charge on any atom is 0.417 e. The standard InChI is InChI=1S/C27H25ClF8O4S/c1-17(2)16-39-21-15-20(14-13-18-9-5-3-6-10-18)23(22(40-21)19-11-7-4-8-12-19)41(37,38)27(35,36)25(31,32)24(29,30)26(28,33)34/h3-14,17,20-21H,15-16H2,1-2H3/b14-13+. The molecule has 0 spiro atoms. The zero-order chi connectivity index (χ0) is 30.9. The first kappa shape index (κ1) is 32.9. The predicted octanol–water partition coefficient (Wildman–Crippen LogP) is 8.21. The fourth-order valence-electron chi connectivity index (χ4n) is 3.87. The number of alkyl halides is 9. The number of halogens is 9. The topological polar surface area (TPSA) is 52.6 Å². The van der Waals surface area contributed by atoms with Gasteiger partial charge in [0.25, 0.3) is 9.84 Å². The van der Waals surface area contributed by atoms with Crippen molar-refractivity contribution in [3.63, 3.8) is 0 Å². The molecule has 0 N–H and O–H groups in total. The zero-order valence-corrected chi connectivity index (χ0v) is 23.1. The second-order valence-electron chi connectivity index (χ2n) is 9.61. The molecule has 14 heteroatoms. The van der Waals surface area contributed by atoms with Crippen molar-refractivity contribution < 1.29 is 53.0 Å². The quantitative estimate of drug-likeness (QED) is 0.185. The molecular weight excluding hydrogens is 608 g/mol. The summed E-state index contributed by atoms with van der Waals surface area (Å²) in [5.74, 6) is -16.8. The molecule has 1 heterocycles. The Labute approximate surface area is 236 Å². The van der Waals surface area contributed by atoms with Crippen LogP contribution in [0.5, 0.6) is 0 Å². The molecule has 3 rings (SSSR count). The summed E-state index contributed by atoms with van der Waals surface area (Å²) in [6, 6.07) is 14.5. The van der Waals surface area contributed by atoms with E-state index in [4.69, 9.17) is 9.47 Å². The highest BCUT2D eigenvalue weighted by atomic mass is 35.5. The van der Waals surface area contributed by atoms with Crippen molar-refractivity contribution >= 4 is 33.3 Å². The van der Waals surface area contributed by atoms with Crippen molar-refractivity contribution in [2.45, 2.75) is 49.0 Å². The lowest BCUT2D eigenvalue weighted by molar-refractivity contribution is -0.326. The third-order valence-corrected chi connectivity index (χ3v) is 8.21. The minimum atomic E-state index is -7.16. The van der Waals surface area contributed by atoms with E-state index < -0.39 is 61.6 Å². The highest BCUT2D eigenvalue weighted by Crippen LogP contribution is 2.58. The van der Waals surface area contributed by atoms with Crippen LogP contribution in [0.25, 0.3) is 11.8 Å². The van der Waals surface area contributed by atoms with Gasteiger partial charge >= 0.3 is 22.5 Å². The Morgan fingerprint density at radius 2 is 1.46 bits per heavy atom. The Kier molecular flexibility index (Phi) is 9.56. The van der Waals surface area contributed by atoms with Gasteiger partial charge in [0.15, 0.2) is 0 Å². The monoisotopic (exact) mass is 632 g/mol. The normalized spacial score (nSPS) is 19.6. The minimum absolute atomic E-state index is 0.0614. The number of hydrogen-bond donors (Lipinski definition) is 0. The summed E-state index contributed by atoms with van der Waals surface area (Å²) in [6.45, 7) is 3.61. The van der Waals surface area contributed by atoms with E-state index in [-0.39, 0.29) is 18.1 Å². The number of sulfone groups is 1. The zero-order valence-electron chi connectivity index (χ0n) is 21.5. The van der Waals surface area contributed by atoms with Gasteiger partial charge in [0.05, 0.1) is 6.61 Å². The van der Waals surface area contributed by atoms with E-state index in [2.05, 4.69) is 11.6 Å². The largest absolute Gasteiger partial charge is 0.463 e. The molecule has 4 nitrogen and oxygen atoms in total. The van der Waals surface area contributed by atoms with Gasteiger partial charge in [0.1, 0.15) is 10.7 Å². The first-order valence-corrected chi connectivity index (χ1v) is 14.0.